The van der Waals surface area contributed by atoms with Crippen molar-refractivity contribution in [3.05, 3.63) is 35.3 Å². The molecule has 0 saturated carbocycles. The highest BCUT2D eigenvalue weighted by molar-refractivity contribution is 5.76. The molecule has 5 heteroatoms. The Balaban J connectivity index is 2.49. The predicted octanol–water partition coefficient (Wildman–Crippen LogP) is 1.09. The monoisotopic (exact) mass is 202 g/mol. The predicted molar refractivity (Wildman–Crippen MR) is 54.0 cm³/mol. The second-order valence-electron chi connectivity index (χ2n) is 3.25. The summed E-state index contributed by atoms with van der Waals surface area (Å²) in [5.74, 6) is 0.617. The molecule has 2 heterocycles. The second kappa shape index (κ2) is 3.61. The molecule has 0 aliphatic rings. The molecule has 0 radical (unpaired) electrons. The summed E-state index contributed by atoms with van der Waals surface area (Å²) in [5.41, 5.74) is 2.18. The maximum absolute atomic E-state index is 10.6. The van der Waals surface area contributed by atoms with Gasteiger partial charge in [0.15, 0.2) is 12.1 Å². The van der Waals surface area contributed by atoms with Crippen LogP contribution in [0.3, 0.4) is 0 Å². The van der Waals surface area contributed by atoms with E-state index in [1.165, 1.54) is 6.20 Å². The van der Waals surface area contributed by atoms with E-state index >= 15 is 0 Å². The molecule has 5 nitrogen and oxygen atoms in total. The summed E-state index contributed by atoms with van der Waals surface area (Å²) in [5, 5.41) is 12.0. The van der Waals surface area contributed by atoms with E-state index in [9.17, 15) is 4.79 Å². The topological polar surface area (TPSA) is 60.7 Å². The van der Waals surface area contributed by atoms with Gasteiger partial charge in [0.2, 0.25) is 0 Å². The molecule has 0 aromatic carbocycles. The van der Waals surface area contributed by atoms with Gasteiger partial charge in [0.1, 0.15) is 0 Å². The summed E-state index contributed by atoms with van der Waals surface area (Å²) in [6.07, 6.45) is 2.30. The molecular weight excluding hydrogens is 192 g/mol. The first kappa shape index (κ1) is 9.51. The molecule has 15 heavy (non-hydrogen) atoms. The van der Waals surface area contributed by atoms with Crippen LogP contribution in [0.25, 0.3) is 5.82 Å². The fourth-order valence-electron chi connectivity index (χ4n) is 1.27. The van der Waals surface area contributed by atoms with Crippen molar-refractivity contribution in [3.63, 3.8) is 0 Å². The van der Waals surface area contributed by atoms with Gasteiger partial charge in [-0.2, -0.15) is 10.2 Å². The zero-order valence-electron chi connectivity index (χ0n) is 8.51. The molecule has 0 bridgehead atoms. The van der Waals surface area contributed by atoms with Crippen LogP contribution in [-0.4, -0.2) is 26.3 Å². The number of nitrogens with zero attached hydrogens (tertiary/aromatic N) is 4. The van der Waals surface area contributed by atoms with Crippen LogP contribution in [0.4, 0.5) is 0 Å². The smallest absolute Gasteiger partial charge is 0.175 e. The van der Waals surface area contributed by atoms with E-state index in [2.05, 4.69) is 15.3 Å². The van der Waals surface area contributed by atoms with Crippen LogP contribution in [0.15, 0.2) is 18.3 Å². The summed E-state index contributed by atoms with van der Waals surface area (Å²) in [6, 6.07) is 3.67. The van der Waals surface area contributed by atoms with Crippen LogP contribution in [0.1, 0.15) is 21.7 Å². The standard InChI is InChI=1S/C10H10N4O/c1-7-3-4-10(13-12-7)14-8(2)9(6-15)5-11-14/h3-6H,1-2H3. The van der Waals surface area contributed by atoms with Gasteiger partial charge < -0.3 is 0 Å². The van der Waals surface area contributed by atoms with E-state index in [0.717, 1.165) is 17.7 Å². The molecule has 0 atom stereocenters. The number of aromatic nitrogens is 4. The van der Waals surface area contributed by atoms with Gasteiger partial charge in [0, 0.05) is 0 Å². The van der Waals surface area contributed by atoms with Crippen molar-refractivity contribution in [1.29, 1.82) is 0 Å². The van der Waals surface area contributed by atoms with Gasteiger partial charge in [-0.05, 0) is 26.0 Å². The molecule has 2 rings (SSSR count). The number of aryl methyl sites for hydroxylation is 1. The van der Waals surface area contributed by atoms with Crippen molar-refractivity contribution in [2.24, 2.45) is 0 Å². The highest BCUT2D eigenvalue weighted by Crippen LogP contribution is 2.09. The summed E-state index contributed by atoms with van der Waals surface area (Å²) in [6.45, 7) is 3.68. The molecule has 2 aromatic heterocycles. The number of aldehydes is 1. The minimum atomic E-state index is 0.567. The summed E-state index contributed by atoms with van der Waals surface area (Å²) in [4.78, 5) is 10.6. The van der Waals surface area contributed by atoms with Crippen LogP contribution in [-0.2, 0) is 0 Å². The minimum absolute atomic E-state index is 0.567. The van der Waals surface area contributed by atoms with Crippen LogP contribution in [0.5, 0.6) is 0 Å². The number of rotatable bonds is 2. The Kier molecular flexibility index (Phi) is 2.29. The van der Waals surface area contributed by atoms with Gasteiger partial charge in [0.05, 0.1) is 23.1 Å². The lowest BCUT2D eigenvalue weighted by molar-refractivity contribution is 0.112. The third kappa shape index (κ3) is 1.63. The van der Waals surface area contributed by atoms with Crippen molar-refractivity contribution in [1.82, 2.24) is 20.0 Å². The molecular formula is C10H10N4O. The molecule has 2 aromatic rings. The van der Waals surface area contributed by atoms with Crippen molar-refractivity contribution >= 4 is 6.29 Å². The Morgan fingerprint density at radius 3 is 2.60 bits per heavy atom. The number of carbonyl (C=O) groups is 1. The van der Waals surface area contributed by atoms with Gasteiger partial charge in [-0.25, -0.2) is 4.68 Å². The maximum Gasteiger partial charge on any atom is 0.175 e. The molecule has 76 valence electrons. The highest BCUT2D eigenvalue weighted by Gasteiger charge is 2.07. The van der Waals surface area contributed by atoms with E-state index < -0.39 is 0 Å². The van der Waals surface area contributed by atoms with E-state index in [1.807, 2.05) is 26.0 Å². The van der Waals surface area contributed by atoms with Crippen LogP contribution in [0.2, 0.25) is 0 Å². The van der Waals surface area contributed by atoms with Crippen molar-refractivity contribution < 1.29 is 4.79 Å². The quantitative estimate of drug-likeness (QED) is 0.684. The number of hydrogen-bond acceptors (Lipinski definition) is 4. The van der Waals surface area contributed by atoms with Crippen LogP contribution < -0.4 is 0 Å². The summed E-state index contributed by atoms with van der Waals surface area (Å²) < 4.78 is 1.59. The average molecular weight is 202 g/mol. The molecule has 0 aliphatic carbocycles. The van der Waals surface area contributed by atoms with Gasteiger partial charge in [0.25, 0.3) is 0 Å². The lowest BCUT2D eigenvalue weighted by Crippen LogP contribution is -2.03. The Bertz CT molecular complexity index is 487. The molecule has 0 N–H and O–H groups in total. The van der Waals surface area contributed by atoms with Gasteiger partial charge >= 0.3 is 0 Å². The molecule has 0 aliphatic heterocycles. The Hall–Kier alpha value is -2.04. The van der Waals surface area contributed by atoms with Crippen LogP contribution in [0, 0.1) is 13.8 Å². The molecule has 0 fully saturated rings. The van der Waals surface area contributed by atoms with Crippen molar-refractivity contribution in [2.45, 2.75) is 13.8 Å². The first-order valence-corrected chi connectivity index (χ1v) is 4.53. The first-order valence-electron chi connectivity index (χ1n) is 4.53. The van der Waals surface area contributed by atoms with E-state index in [-0.39, 0.29) is 0 Å². The summed E-state index contributed by atoms with van der Waals surface area (Å²) >= 11 is 0. The van der Waals surface area contributed by atoms with E-state index in [0.29, 0.717) is 11.4 Å². The average Bonchev–Trinajstić information content (AvgIpc) is 2.61. The van der Waals surface area contributed by atoms with Gasteiger partial charge in [-0.15, -0.1) is 5.10 Å². The number of carbonyl (C=O) groups excluding carboxylic acids is 1. The minimum Gasteiger partial charge on any atom is -0.298 e. The maximum atomic E-state index is 10.6. The molecule has 0 saturated heterocycles. The lowest BCUT2D eigenvalue weighted by atomic mass is 10.3. The largest absolute Gasteiger partial charge is 0.298 e. The molecule has 0 spiro atoms. The first-order chi connectivity index (χ1) is 7.22. The fraction of sp³-hybridized carbons (Fsp3) is 0.200. The van der Waals surface area contributed by atoms with Crippen molar-refractivity contribution in [2.75, 3.05) is 0 Å². The van der Waals surface area contributed by atoms with Gasteiger partial charge in [-0.3, -0.25) is 4.79 Å². The second-order valence-corrected chi connectivity index (χ2v) is 3.25. The lowest BCUT2D eigenvalue weighted by Gasteiger charge is -2.01. The number of hydrogen-bond donors (Lipinski definition) is 0. The SMILES string of the molecule is Cc1ccc(-n2ncc(C=O)c2C)nn1. The fourth-order valence-corrected chi connectivity index (χ4v) is 1.27. The summed E-state index contributed by atoms with van der Waals surface area (Å²) in [7, 11) is 0. The highest BCUT2D eigenvalue weighted by atomic mass is 16.1. The van der Waals surface area contributed by atoms with Crippen molar-refractivity contribution in [3.8, 4) is 5.82 Å². The zero-order valence-corrected chi connectivity index (χ0v) is 8.51. The third-order valence-corrected chi connectivity index (χ3v) is 2.18. The molecule has 0 amide bonds. The third-order valence-electron chi connectivity index (χ3n) is 2.18. The Morgan fingerprint density at radius 2 is 2.07 bits per heavy atom. The normalized spacial score (nSPS) is 10.3. The Morgan fingerprint density at radius 1 is 1.27 bits per heavy atom. The van der Waals surface area contributed by atoms with E-state index in [1.54, 1.807) is 4.68 Å². The molecule has 0 unspecified atom stereocenters. The Labute approximate surface area is 86.8 Å². The van der Waals surface area contributed by atoms with Crippen LogP contribution >= 0.6 is 0 Å². The zero-order chi connectivity index (χ0) is 10.8. The van der Waals surface area contributed by atoms with Gasteiger partial charge in [-0.1, -0.05) is 0 Å². The van der Waals surface area contributed by atoms with E-state index in [4.69, 9.17) is 0 Å².